The van der Waals surface area contributed by atoms with Gasteiger partial charge in [-0.15, -0.1) is 11.3 Å². The standard InChI is InChI=1S/C28H26N2O7S2/c1-4-30(39(33,34)21-12-10-20(35-2)11-13-21)19-9-14-25-18(15-19)16-26(38-25)27(31)29-17-24(28(32)36-3)37-23-8-6-5-7-22(23)29/h5-16,24H,4,17H2,1-3H3/t24-/m0/s1. The number of amides is 1. The largest absolute Gasteiger partial charge is 0.497 e. The summed E-state index contributed by atoms with van der Waals surface area (Å²) in [6, 6.07) is 20.3. The highest BCUT2D eigenvalue weighted by Crippen LogP contribution is 2.37. The lowest BCUT2D eigenvalue weighted by atomic mass is 10.1. The fourth-order valence-electron chi connectivity index (χ4n) is 4.47. The Morgan fingerprint density at radius 2 is 1.79 bits per heavy atom. The molecule has 2 heterocycles. The van der Waals surface area contributed by atoms with Crippen LogP contribution in [-0.4, -0.2) is 53.7 Å². The molecule has 0 N–H and O–H groups in total. The predicted octanol–water partition coefficient (Wildman–Crippen LogP) is 4.71. The summed E-state index contributed by atoms with van der Waals surface area (Å²) in [6.45, 7) is 1.99. The van der Waals surface area contributed by atoms with Crippen molar-refractivity contribution in [2.75, 3.05) is 36.5 Å². The zero-order chi connectivity index (χ0) is 27.7. The molecule has 0 saturated heterocycles. The molecule has 5 rings (SSSR count). The molecular formula is C28H26N2O7S2. The average Bonchev–Trinajstić information content (AvgIpc) is 3.39. The first-order valence-electron chi connectivity index (χ1n) is 12.1. The van der Waals surface area contributed by atoms with Crippen molar-refractivity contribution in [1.29, 1.82) is 0 Å². The number of esters is 1. The van der Waals surface area contributed by atoms with E-state index in [9.17, 15) is 18.0 Å². The number of hydrogen-bond donors (Lipinski definition) is 0. The molecule has 0 fully saturated rings. The number of hydrogen-bond acceptors (Lipinski definition) is 8. The molecule has 1 aliphatic heterocycles. The molecule has 11 heteroatoms. The maximum Gasteiger partial charge on any atom is 0.348 e. The van der Waals surface area contributed by atoms with Crippen LogP contribution in [0.1, 0.15) is 16.6 Å². The molecule has 39 heavy (non-hydrogen) atoms. The first kappa shape index (κ1) is 26.5. The number of para-hydroxylation sites is 2. The van der Waals surface area contributed by atoms with Crippen molar-refractivity contribution in [3.63, 3.8) is 0 Å². The SMILES string of the molecule is CCN(c1ccc2sc(C(=O)N3C[C@@H](C(=O)OC)Oc4ccccc43)cc2c1)S(=O)(=O)c1ccc(OC)cc1. The van der Waals surface area contributed by atoms with Crippen LogP contribution in [0.25, 0.3) is 10.1 Å². The van der Waals surface area contributed by atoms with Crippen LogP contribution in [0.4, 0.5) is 11.4 Å². The van der Waals surface area contributed by atoms with Gasteiger partial charge in [-0.3, -0.25) is 14.0 Å². The van der Waals surface area contributed by atoms with E-state index in [0.717, 1.165) is 10.1 Å². The summed E-state index contributed by atoms with van der Waals surface area (Å²) in [5.41, 5.74) is 1.05. The molecule has 1 amide bonds. The lowest BCUT2D eigenvalue weighted by molar-refractivity contribution is -0.148. The summed E-state index contributed by atoms with van der Waals surface area (Å²) in [7, 11) is -1.03. The first-order valence-corrected chi connectivity index (χ1v) is 14.4. The molecular weight excluding hydrogens is 540 g/mol. The average molecular weight is 567 g/mol. The van der Waals surface area contributed by atoms with Gasteiger partial charge in [-0.2, -0.15) is 0 Å². The summed E-state index contributed by atoms with van der Waals surface area (Å²) in [5, 5.41) is 0.732. The molecule has 1 aromatic heterocycles. The van der Waals surface area contributed by atoms with Crippen LogP contribution in [-0.2, 0) is 19.6 Å². The van der Waals surface area contributed by atoms with Crippen molar-refractivity contribution >= 4 is 54.7 Å². The van der Waals surface area contributed by atoms with Gasteiger partial charge in [0.25, 0.3) is 15.9 Å². The number of anilines is 2. The summed E-state index contributed by atoms with van der Waals surface area (Å²) in [6.07, 6.45) is -0.948. The van der Waals surface area contributed by atoms with E-state index >= 15 is 0 Å². The Morgan fingerprint density at radius 3 is 2.49 bits per heavy atom. The molecule has 1 aliphatic rings. The maximum absolute atomic E-state index is 13.7. The zero-order valence-electron chi connectivity index (χ0n) is 21.5. The highest BCUT2D eigenvalue weighted by atomic mass is 32.2. The van der Waals surface area contributed by atoms with Crippen LogP contribution >= 0.6 is 11.3 Å². The molecule has 1 atom stereocenters. The van der Waals surface area contributed by atoms with Gasteiger partial charge in [-0.25, -0.2) is 13.2 Å². The van der Waals surface area contributed by atoms with Crippen LogP contribution in [0.15, 0.2) is 77.7 Å². The third-order valence-corrected chi connectivity index (χ3v) is 9.44. The van der Waals surface area contributed by atoms with E-state index in [0.29, 0.717) is 27.8 Å². The molecule has 0 saturated carbocycles. The zero-order valence-corrected chi connectivity index (χ0v) is 23.1. The molecule has 0 unspecified atom stereocenters. The molecule has 0 radical (unpaired) electrons. The van der Waals surface area contributed by atoms with Gasteiger partial charge in [0.15, 0.2) is 0 Å². The Kier molecular flexibility index (Phi) is 7.19. The minimum atomic E-state index is -3.83. The van der Waals surface area contributed by atoms with Gasteiger partial charge in [-0.05, 0) is 73.0 Å². The number of methoxy groups -OCH3 is 2. The highest BCUT2D eigenvalue weighted by Gasteiger charge is 2.35. The second kappa shape index (κ2) is 10.6. The highest BCUT2D eigenvalue weighted by molar-refractivity contribution is 7.92. The second-order valence-electron chi connectivity index (χ2n) is 8.69. The molecule has 4 aromatic rings. The summed E-state index contributed by atoms with van der Waals surface area (Å²) in [4.78, 5) is 28.0. The van der Waals surface area contributed by atoms with Gasteiger partial charge >= 0.3 is 5.97 Å². The predicted molar refractivity (Wildman–Crippen MR) is 150 cm³/mol. The summed E-state index contributed by atoms with van der Waals surface area (Å²) < 4.78 is 44.7. The Morgan fingerprint density at radius 1 is 1.05 bits per heavy atom. The molecule has 9 nitrogen and oxygen atoms in total. The van der Waals surface area contributed by atoms with Crippen molar-refractivity contribution in [1.82, 2.24) is 0 Å². The lowest BCUT2D eigenvalue weighted by Crippen LogP contribution is -2.47. The fourth-order valence-corrected chi connectivity index (χ4v) is 6.93. The molecule has 3 aromatic carbocycles. The van der Waals surface area contributed by atoms with Crippen LogP contribution in [0.3, 0.4) is 0 Å². The number of nitrogens with zero attached hydrogens (tertiary/aromatic N) is 2. The lowest BCUT2D eigenvalue weighted by Gasteiger charge is -2.33. The van der Waals surface area contributed by atoms with E-state index in [2.05, 4.69) is 0 Å². The van der Waals surface area contributed by atoms with Crippen LogP contribution < -0.4 is 18.7 Å². The smallest absolute Gasteiger partial charge is 0.348 e. The van der Waals surface area contributed by atoms with Crippen molar-refractivity contribution in [2.24, 2.45) is 0 Å². The maximum atomic E-state index is 13.7. The van der Waals surface area contributed by atoms with Crippen molar-refractivity contribution in [2.45, 2.75) is 17.9 Å². The Bertz CT molecular complexity index is 1650. The number of fused-ring (bicyclic) bond motifs is 2. The third-order valence-electron chi connectivity index (χ3n) is 6.42. The topological polar surface area (TPSA) is 102 Å². The van der Waals surface area contributed by atoms with Crippen molar-refractivity contribution in [3.8, 4) is 11.5 Å². The molecule has 0 aliphatic carbocycles. The Labute approximate surface area is 230 Å². The van der Waals surface area contributed by atoms with Gasteiger partial charge in [-0.1, -0.05) is 12.1 Å². The van der Waals surface area contributed by atoms with Gasteiger partial charge in [0.1, 0.15) is 11.5 Å². The fraction of sp³-hybridized carbons (Fsp3) is 0.214. The first-order chi connectivity index (χ1) is 18.8. The number of rotatable bonds is 7. The number of sulfonamides is 1. The van der Waals surface area contributed by atoms with Gasteiger partial charge in [0.05, 0.1) is 41.9 Å². The summed E-state index contributed by atoms with van der Waals surface area (Å²) in [5.74, 6) is 0.120. The number of carbonyl (C=O) groups excluding carboxylic acids is 2. The van der Waals surface area contributed by atoms with Crippen molar-refractivity contribution < 1.29 is 32.2 Å². The monoisotopic (exact) mass is 566 g/mol. The Balaban J connectivity index is 1.47. The molecule has 202 valence electrons. The Hall–Kier alpha value is -4.09. The van der Waals surface area contributed by atoms with Crippen LogP contribution in [0.5, 0.6) is 11.5 Å². The van der Waals surface area contributed by atoms with Gasteiger partial charge < -0.3 is 14.2 Å². The van der Waals surface area contributed by atoms with E-state index < -0.39 is 22.1 Å². The third kappa shape index (κ3) is 4.90. The quantitative estimate of drug-likeness (QED) is 0.299. The van der Waals surface area contributed by atoms with E-state index in [1.165, 1.54) is 46.9 Å². The minimum Gasteiger partial charge on any atom is -0.497 e. The number of benzene rings is 3. The van der Waals surface area contributed by atoms with E-state index in [-0.39, 0.29) is 23.9 Å². The number of ether oxygens (including phenoxy) is 3. The molecule has 0 bridgehead atoms. The van der Waals surface area contributed by atoms with Gasteiger partial charge in [0, 0.05) is 11.2 Å². The summed E-state index contributed by atoms with van der Waals surface area (Å²) >= 11 is 1.29. The minimum absolute atomic E-state index is 0.00569. The van der Waals surface area contributed by atoms with E-state index in [4.69, 9.17) is 14.2 Å². The van der Waals surface area contributed by atoms with E-state index in [1.54, 1.807) is 61.5 Å². The number of carbonyl (C=O) groups is 2. The van der Waals surface area contributed by atoms with E-state index in [1.807, 2.05) is 6.07 Å². The molecule has 0 spiro atoms. The van der Waals surface area contributed by atoms with Crippen molar-refractivity contribution in [3.05, 3.63) is 77.7 Å². The second-order valence-corrected chi connectivity index (χ2v) is 11.6. The van der Waals surface area contributed by atoms with Crippen LogP contribution in [0.2, 0.25) is 0 Å². The van der Waals surface area contributed by atoms with Crippen LogP contribution in [0, 0.1) is 0 Å². The normalized spacial score (nSPS) is 14.8. The number of thiophene rings is 1. The van der Waals surface area contributed by atoms with Gasteiger partial charge in [0.2, 0.25) is 6.10 Å².